The first-order valence-corrected chi connectivity index (χ1v) is 5.13. The number of rotatable bonds is 1. The van der Waals surface area contributed by atoms with Crippen LogP contribution < -0.4 is 0 Å². The summed E-state index contributed by atoms with van der Waals surface area (Å²) in [4.78, 5) is 5.24. The average molecular weight is 240 g/mol. The lowest BCUT2D eigenvalue weighted by molar-refractivity contribution is 1.33. The lowest BCUT2D eigenvalue weighted by atomic mass is 10.2. The number of aromatic nitrogens is 1. The van der Waals surface area contributed by atoms with Gasteiger partial charge >= 0.3 is 0 Å². The lowest BCUT2D eigenvalue weighted by Crippen LogP contribution is -1.71. The average Bonchev–Trinajstić information content (AvgIpc) is 2.54. The Bertz CT molecular complexity index is 369. The summed E-state index contributed by atoms with van der Waals surface area (Å²) < 4.78 is 1.16. The molecule has 2 aromatic heterocycles. The first-order valence-electron chi connectivity index (χ1n) is 3.52. The van der Waals surface area contributed by atoms with Crippen LogP contribution in [0.4, 0.5) is 0 Å². The molecule has 0 spiro atoms. The molecular formula is C9H6BrNS. The van der Waals surface area contributed by atoms with E-state index in [-0.39, 0.29) is 0 Å². The number of hydrogen-bond acceptors (Lipinski definition) is 2. The van der Waals surface area contributed by atoms with Crippen LogP contribution in [0.1, 0.15) is 0 Å². The van der Waals surface area contributed by atoms with Gasteiger partial charge in [0.25, 0.3) is 0 Å². The maximum atomic E-state index is 3.97. The predicted molar refractivity (Wildman–Crippen MR) is 55.3 cm³/mol. The van der Waals surface area contributed by atoms with Crippen LogP contribution in [-0.2, 0) is 0 Å². The molecule has 2 heterocycles. The fourth-order valence-corrected chi connectivity index (χ4v) is 2.38. The van der Waals surface area contributed by atoms with Crippen molar-refractivity contribution < 1.29 is 0 Å². The van der Waals surface area contributed by atoms with Gasteiger partial charge in [0.05, 0.1) is 3.79 Å². The van der Waals surface area contributed by atoms with Crippen LogP contribution in [0, 0.1) is 0 Å². The first kappa shape index (κ1) is 7.95. The number of halogens is 1. The molecule has 0 fully saturated rings. The van der Waals surface area contributed by atoms with Crippen molar-refractivity contribution in [1.82, 2.24) is 4.98 Å². The van der Waals surface area contributed by atoms with Gasteiger partial charge in [0.15, 0.2) is 0 Å². The highest BCUT2D eigenvalue weighted by Gasteiger charge is 1.98. The molecule has 0 aromatic carbocycles. The summed E-state index contributed by atoms with van der Waals surface area (Å²) >= 11 is 5.16. The molecule has 0 N–H and O–H groups in total. The fraction of sp³-hybridized carbons (Fsp3) is 0. The number of hydrogen-bond donors (Lipinski definition) is 0. The van der Waals surface area contributed by atoms with Crippen molar-refractivity contribution in [2.24, 2.45) is 0 Å². The van der Waals surface area contributed by atoms with E-state index in [1.807, 2.05) is 24.5 Å². The zero-order chi connectivity index (χ0) is 8.39. The summed E-state index contributed by atoms with van der Waals surface area (Å²) in [5.74, 6) is 0. The van der Waals surface area contributed by atoms with Crippen LogP contribution in [0.3, 0.4) is 0 Å². The largest absolute Gasteiger partial charge is 0.265 e. The van der Waals surface area contributed by atoms with E-state index >= 15 is 0 Å². The van der Waals surface area contributed by atoms with Crippen molar-refractivity contribution in [3.8, 4) is 10.4 Å². The molecule has 0 aliphatic carbocycles. The summed E-state index contributed by atoms with van der Waals surface area (Å²) in [6, 6.07) is 8.18. The highest BCUT2D eigenvalue weighted by Crippen LogP contribution is 2.30. The molecule has 2 aromatic rings. The van der Waals surface area contributed by atoms with Gasteiger partial charge in [0.2, 0.25) is 0 Å². The normalized spacial score (nSPS) is 10.1. The minimum absolute atomic E-state index is 1.16. The molecule has 0 amide bonds. The summed E-state index contributed by atoms with van der Waals surface area (Å²) in [6.45, 7) is 0. The quantitative estimate of drug-likeness (QED) is 0.742. The minimum atomic E-state index is 1.16. The van der Waals surface area contributed by atoms with E-state index in [4.69, 9.17) is 0 Å². The van der Waals surface area contributed by atoms with E-state index in [0.29, 0.717) is 0 Å². The van der Waals surface area contributed by atoms with Gasteiger partial charge in [-0.3, -0.25) is 4.98 Å². The Morgan fingerprint density at radius 3 is 2.42 bits per heavy atom. The van der Waals surface area contributed by atoms with Gasteiger partial charge in [-0.1, -0.05) is 0 Å². The molecule has 0 bridgehead atoms. The second-order valence-corrected chi connectivity index (χ2v) is 4.80. The van der Waals surface area contributed by atoms with Gasteiger partial charge in [-0.15, -0.1) is 11.3 Å². The molecule has 3 heteroatoms. The molecule has 0 unspecified atom stereocenters. The van der Waals surface area contributed by atoms with E-state index in [9.17, 15) is 0 Å². The van der Waals surface area contributed by atoms with E-state index in [0.717, 1.165) is 3.79 Å². The van der Waals surface area contributed by atoms with Gasteiger partial charge in [0.1, 0.15) is 0 Å². The summed E-state index contributed by atoms with van der Waals surface area (Å²) in [5.41, 5.74) is 1.22. The van der Waals surface area contributed by atoms with Gasteiger partial charge in [-0.05, 0) is 45.8 Å². The Labute approximate surface area is 83.2 Å². The van der Waals surface area contributed by atoms with E-state index in [1.54, 1.807) is 11.3 Å². The van der Waals surface area contributed by atoms with Gasteiger partial charge < -0.3 is 0 Å². The molecule has 1 nitrogen and oxygen atoms in total. The van der Waals surface area contributed by atoms with Gasteiger partial charge in [-0.2, -0.15) is 0 Å². The Hall–Kier alpha value is -0.670. The highest BCUT2D eigenvalue weighted by atomic mass is 79.9. The molecule has 0 radical (unpaired) electrons. The monoisotopic (exact) mass is 239 g/mol. The predicted octanol–water partition coefficient (Wildman–Crippen LogP) is 3.57. The molecule has 60 valence electrons. The maximum absolute atomic E-state index is 3.97. The van der Waals surface area contributed by atoms with Crippen molar-refractivity contribution in [1.29, 1.82) is 0 Å². The van der Waals surface area contributed by atoms with Crippen molar-refractivity contribution in [3.63, 3.8) is 0 Å². The summed E-state index contributed by atoms with van der Waals surface area (Å²) in [7, 11) is 0. The Balaban J connectivity index is 2.45. The van der Waals surface area contributed by atoms with Gasteiger partial charge in [-0.25, -0.2) is 0 Å². The zero-order valence-corrected chi connectivity index (χ0v) is 8.60. The Kier molecular flexibility index (Phi) is 2.23. The number of thiophene rings is 1. The number of nitrogens with zero attached hydrogens (tertiary/aromatic N) is 1. The molecule has 0 saturated carbocycles. The molecule has 0 saturated heterocycles. The Morgan fingerprint density at radius 1 is 1.08 bits per heavy atom. The van der Waals surface area contributed by atoms with Crippen molar-refractivity contribution in [2.75, 3.05) is 0 Å². The molecule has 0 atom stereocenters. The third kappa shape index (κ3) is 1.57. The van der Waals surface area contributed by atoms with Crippen LogP contribution in [0.15, 0.2) is 40.4 Å². The van der Waals surface area contributed by atoms with E-state index in [2.05, 4.69) is 33.0 Å². The fourth-order valence-electron chi connectivity index (χ4n) is 0.986. The van der Waals surface area contributed by atoms with Crippen molar-refractivity contribution in [2.45, 2.75) is 0 Å². The Morgan fingerprint density at radius 2 is 1.83 bits per heavy atom. The first-order chi connectivity index (χ1) is 5.86. The summed E-state index contributed by atoms with van der Waals surface area (Å²) in [6.07, 6.45) is 3.62. The van der Waals surface area contributed by atoms with Crippen LogP contribution in [0.25, 0.3) is 10.4 Å². The van der Waals surface area contributed by atoms with E-state index < -0.39 is 0 Å². The van der Waals surface area contributed by atoms with Gasteiger partial charge in [0, 0.05) is 17.3 Å². The zero-order valence-electron chi connectivity index (χ0n) is 6.20. The molecule has 0 aliphatic rings. The SMILES string of the molecule is Brc1ccc(-c2ccncc2)s1. The topological polar surface area (TPSA) is 12.9 Å². The molecule has 2 rings (SSSR count). The number of pyridine rings is 1. The third-order valence-electron chi connectivity index (χ3n) is 1.54. The maximum Gasteiger partial charge on any atom is 0.0705 e. The molecular weight excluding hydrogens is 234 g/mol. The van der Waals surface area contributed by atoms with Crippen LogP contribution >= 0.6 is 27.3 Å². The van der Waals surface area contributed by atoms with Crippen molar-refractivity contribution >= 4 is 27.3 Å². The highest BCUT2D eigenvalue weighted by molar-refractivity contribution is 9.11. The lowest BCUT2D eigenvalue weighted by Gasteiger charge is -1.93. The van der Waals surface area contributed by atoms with E-state index in [1.165, 1.54) is 10.4 Å². The second-order valence-electron chi connectivity index (χ2n) is 2.34. The third-order valence-corrected chi connectivity index (χ3v) is 3.21. The van der Waals surface area contributed by atoms with Crippen molar-refractivity contribution in [3.05, 3.63) is 40.4 Å². The standard InChI is InChI=1S/C9H6BrNS/c10-9-2-1-8(12-9)7-3-5-11-6-4-7/h1-6H. The van der Waals surface area contributed by atoms with Crippen LogP contribution in [-0.4, -0.2) is 4.98 Å². The summed E-state index contributed by atoms with van der Waals surface area (Å²) in [5, 5.41) is 0. The molecule has 0 aliphatic heterocycles. The van der Waals surface area contributed by atoms with Crippen LogP contribution in [0.2, 0.25) is 0 Å². The smallest absolute Gasteiger partial charge is 0.0705 e. The minimum Gasteiger partial charge on any atom is -0.265 e. The van der Waals surface area contributed by atoms with Crippen LogP contribution in [0.5, 0.6) is 0 Å². The molecule has 12 heavy (non-hydrogen) atoms. The second kappa shape index (κ2) is 3.37.